The summed E-state index contributed by atoms with van der Waals surface area (Å²) >= 11 is 1.78. The van der Waals surface area contributed by atoms with E-state index in [2.05, 4.69) is 24.4 Å². The average Bonchev–Trinajstić information content (AvgIpc) is 1.86. The minimum Gasteiger partial charge on any atom is -0.412 e. The van der Waals surface area contributed by atoms with E-state index in [1.807, 2.05) is 0 Å². The normalized spacial score (nSPS) is 7.57. The molecule has 7 heavy (non-hydrogen) atoms. The van der Waals surface area contributed by atoms with Crippen LogP contribution in [0.2, 0.25) is 0 Å². The molecule has 2 N–H and O–H groups in total. The summed E-state index contributed by atoms with van der Waals surface area (Å²) in [5.41, 5.74) is 0. The monoisotopic (exact) mass is 116 g/mol. The van der Waals surface area contributed by atoms with Gasteiger partial charge in [-0.2, -0.15) is 0 Å². The Bertz CT molecular complexity index is 112. The third kappa shape index (κ3) is 1.71. The van der Waals surface area contributed by atoms with E-state index in [4.69, 9.17) is 0 Å². The molecule has 0 bridgehead atoms. The Morgan fingerprint density at radius 3 is 2.43 bits per heavy atom. The second kappa shape index (κ2) is 2.77. The first-order valence-electron chi connectivity index (χ1n) is 1.90. The molecule has 0 fully saturated rings. The maximum atomic E-state index is 2.10. The van der Waals surface area contributed by atoms with Gasteiger partial charge in [0.25, 0.3) is 0 Å². The first-order chi connectivity index (χ1) is 2.89. The van der Waals surface area contributed by atoms with Crippen LogP contribution in [0.15, 0.2) is 17.5 Å². The van der Waals surface area contributed by atoms with Crippen LogP contribution in [0.4, 0.5) is 0 Å². The maximum Gasteiger partial charge on any atom is 0.00141 e. The third-order valence-corrected chi connectivity index (χ3v) is 1.46. The first kappa shape index (κ1) is 6.66. The van der Waals surface area contributed by atoms with E-state index >= 15 is 0 Å². The van der Waals surface area contributed by atoms with Gasteiger partial charge in [-0.25, -0.2) is 0 Å². The largest absolute Gasteiger partial charge is 0.412 e. The van der Waals surface area contributed by atoms with Crippen LogP contribution in [0, 0.1) is 6.92 Å². The van der Waals surface area contributed by atoms with Crippen LogP contribution in [-0.2, 0) is 0 Å². The summed E-state index contributed by atoms with van der Waals surface area (Å²) < 4.78 is 0. The minimum atomic E-state index is 0. The van der Waals surface area contributed by atoms with Gasteiger partial charge in [-0.15, -0.1) is 11.3 Å². The van der Waals surface area contributed by atoms with Crippen molar-refractivity contribution in [1.82, 2.24) is 0 Å². The molecule has 0 aromatic carbocycles. The summed E-state index contributed by atoms with van der Waals surface area (Å²) in [7, 11) is 0. The van der Waals surface area contributed by atoms with Gasteiger partial charge >= 0.3 is 0 Å². The molecule has 0 saturated carbocycles. The first-order valence-corrected chi connectivity index (χ1v) is 2.77. The zero-order chi connectivity index (χ0) is 4.41. The highest BCUT2D eigenvalue weighted by atomic mass is 32.1. The molecular weight excluding hydrogens is 108 g/mol. The van der Waals surface area contributed by atoms with E-state index in [-0.39, 0.29) is 5.48 Å². The smallest absolute Gasteiger partial charge is 0.00141 e. The number of hydrogen-bond acceptors (Lipinski definition) is 1. The Labute approximate surface area is 46.9 Å². The van der Waals surface area contributed by atoms with Gasteiger partial charge in [0, 0.05) is 4.88 Å². The van der Waals surface area contributed by atoms with E-state index in [0.717, 1.165) is 0 Å². The summed E-state index contributed by atoms with van der Waals surface area (Å²) in [5, 5.41) is 2.08. The maximum absolute atomic E-state index is 2.10. The predicted octanol–water partition coefficient (Wildman–Crippen LogP) is 1.23. The Morgan fingerprint density at radius 1 is 1.57 bits per heavy atom. The zero-order valence-electron chi connectivity index (χ0n) is 4.14. The molecule has 0 aliphatic rings. The predicted molar refractivity (Wildman–Crippen MR) is 32.7 cm³/mol. The van der Waals surface area contributed by atoms with Crippen molar-refractivity contribution in [3.63, 3.8) is 0 Å². The van der Waals surface area contributed by atoms with Crippen LogP contribution in [0.25, 0.3) is 0 Å². The molecule has 0 aliphatic carbocycles. The van der Waals surface area contributed by atoms with Crippen molar-refractivity contribution < 1.29 is 5.48 Å². The lowest BCUT2D eigenvalue weighted by Gasteiger charge is -1.65. The van der Waals surface area contributed by atoms with Gasteiger partial charge in [0.15, 0.2) is 0 Å². The van der Waals surface area contributed by atoms with Crippen molar-refractivity contribution in [2.24, 2.45) is 0 Å². The molecule has 2 heteroatoms. The highest BCUT2D eigenvalue weighted by Crippen LogP contribution is 2.03. The Hall–Kier alpha value is -0.340. The van der Waals surface area contributed by atoms with Crippen LogP contribution in [0.5, 0.6) is 0 Å². The van der Waals surface area contributed by atoms with Gasteiger partial charge in [-0.3, -0.25) is 0 Å². The van der Waals surface area contributed by atoms with Crippen molar-refractivity contribution in [3.8, 4) is 0 Å². The van der Waals surface area contributed by atoms with Gasteiger partial charge in [-0.1, -0.05) is 6.07 Å². The van der Waals surface area contributed by atoms with E-state index < -0.39 is 0 Å². The van der Waals surface area contributed by atoms with Crippen LogP contribution in [0.3, 0.4) is 0 Å². The highest BCUT2D eigenvalue weighted by molar-refractivity contribution is 7.09. The molecule has 0 radical (unpaired) electrons. The fraction of sp³-hybridized carbons (Fsp3) is 0.200. The quantitative estimate of drug-likeness (QED) is 0.488. The average molecular weight is 116 g/mol. The molecule has 0 aliphatic heterocycles. The SMILES string of the molecule is Cc1cccs1.O. The molecule has 1 aromatic heterocycles. The van der Waals surface area contributed by atoms with Crippen molar-refractivity contribution in [1.29, 1.82) is 0 Å². The van der Waals surface area contributed by atoms with Gasteiger partial charge < -0.3 is 5.48 Å². The lowest BCUT2D eigenvalue weighted by atomic mass is 10.5. The van der Waals surface area contributed by atoms with E-state index in [9.17, 15) is 0 Å². The fourth-order valence-corrected chi connectivity index (χ4v) is 0.890. The van der Waals surface area contributed by atoms with E-state index in [0.29, 0.717) is 0 Å². The molecule has 0 saturated heterocycles. The number of rotatable bonds is 0. The van der Waals surface area contributed by atoms with Gasteiger partial charge in [-0.05, 0) is 18.4 Å². The van der Waals surface area contributed by atoms with Crippen molar-refractivity contribution >= 4 is 11.3 Å². The molecule has 0 atom stereocenters. The Balaban J connectivity index is 0.000000360. The Kier molecular flexibility index (Phi) is 2.64. The lowest BCUT2D eigenvalue weighted by Crippen LogP contribution is -1.42. The molecule has 1 aromatic rings. The highest BCUT2D eigenvalue weighted by Gasteiger charge is 1.74. The molecule has 40 valence electrons. The standard InChI is InChI=1S/C5H6S.H2O/c1-5-3-2-4-6-5;/h2-4H,1H3;1H2. The number of thiophene rings is 1. The van der Waals surface area contributed by atoms with Crippen LogP contribution in [0.1, 0.15) is 4.88 Å². The topological polar surface area (TPSA) is 31.5 Å². The van der Waals surface area contributed by atoms with Gasteiger partial charge in [0.2, 0.25) is 0 Å². The lowest BCUT2D eigenvalue weighted by molar-refractivity contribution is 0.824. The molecule has 0 amide bonds. The van der Waals surface area contributed by atoms with Gasteiger partial charge in [0.05, 0.1) is 0 Å². The third-order valence-electron chi connectivity index (χ3n) is 0.663. The summed E-state index contributed by atoms with van der Waals surface area (Å²) in [6.07, 6.45) is 0. The van der Waals surface area contributed by atoms with Crippen LogP contribution >= 0.6 is 11.3 Å². The van der Waals surface area contributed by atoms with Crippen molar-refractivity contribution in [2.75, 3.05) is 0 Å². The van der Waals surface area contributed by atoms with Crippen LogP contribution < -0.4 is 0 Å². The summed E-state index contributed by atoms with van der Waals surface area (Å²) in [5.74, 6) is 0. The number of aryl methyl sites for hydroxylation is 1. The minimum absolute atomic E-state index is 0. The van der Waals surface area contributed by atoms with Crippen molar-refractivity contribution in [2.45, 2.75) is 6.92 Å². The zero-order valence-corrected chi connectivity index (χ0v) is 4.96. The second-order valence-corrected chi connectivity index (χ2v) is 2.38. The van der Waals surface area contributed by atoms with Crippen LogP contribution in [-0.4, -0.2) is 5.48 Å². The molecular formula is C5H8OS. The fourth-order valence-electron chi connectivity index (χ4n) is 0.361. The van der Waals surface area contributed by atoms with Gasteiger partial charge in [0.1, 0.15) is 0 Å². The molecule has 1 rings (SSSR count). The number of hydrogen-bond donors (Lipinski definition) is 0. The van der Waals surface area contributed by atoms with E-state index in [1.54, 1.807) is 11.3 Å². The summed E-state index contributed by atoms with van der Waals surface area (Å²) in [4.78, 5) is 1.38. The molecule has 1 nitrogen and oxygen atoms in total. The summed E-state index contributed by atoms with van der Waals surface area (Å²) in [6.45, 7) is 2.10. The van der Waals surface area contributed by atoms with E-state index in [1.165, 1.54) is 4.88 Å². The van der Waals surface area contributed by atoms with Crippen molar-refractivity contribution in [3.05, 3.63) is 22.4 Å². The molecule has 0 unspecified atom stereocenters. The Morgan fingerprint density at radius 2 is 2.29 bits per heavy atom. The molecule has 0 spiro atoms. The summed E-state index contributed by atoms with van der Waals surface area (Å²) in [6, 6.07) is 4.16. The second-order valence-electron chi connectivity index (χ2n) is 1.22. The molecule has 1 heterocycles.